The summed E-state index contributed by atoms with van der Waals surface area (Å²) in [4.78, 5) is 21.0. The van der Waals surface area contributed by atoms with Gasteiger partial charge in [0, 0.05) is 6.92 Å². The van der Waals surface area contributed by atoms with Gasteiger partial charge in [-0.25, -0.2) is 0 Å². The summed E-state index contributed by atoms with van der Waals surface area (Å²) in [5.41, 5.74) is 0. The highest BCUT2D eigenvalue weighted by atomic mass is 16.5. The maximum absolute atomic E-state index is 10.7. The molecule has 68 valence electrons. The largest absolute Gasteiger partial charge is 0.464 e. The SMILES string of the molecule is C=CCC(=O)OCCNC(C)=O. The zero-order valence-corrected chi connectivity index (χ0v) is 7.13. The highest BCUT2D eigenvalue weighted by Crippen LogP contribution is 1.85. The predicted molar refractivity (Wildman–Crippen MR) is 44.5 cm³/mol. The van der Waals surface area contributed by atoms with Crippen LogP contribution in [0.1, 0.15) is 13.3 Å². The topological polar surface area (TPSA) is 55.4 Å². The maximum Gasteiger partial charge on any atom is 0.309 e. The Kier molecular flexibility index (Phi) is 5.69. The first-order valence-electron chi connectivity index (χ1n) is 3.67. The predicted octanol–water partition coefficient (Wildman–Crippen LogP) is 0.242. The molecule has 0 aliphatic rings. The third-order valence-electron chi connectivity index (χ3n) is 1.05. The molecule has 0 rings (SSSR count). The number of hydrogen-bond donors (Lipinski definition) is 1. The van der Waals surface area contributed by atoms with Crippen molar-refractivity contribution in [1.82, 2.24) is 5.32 Å². The molecule has 1 N–H and O–H groups in total. The molecule has 0 aromatic heterocycles. The molecule has 0 saturated heterocycles. The van der Waals surface area contributed by atoms with Crippen molar-refractivity contribution < 1.29 is 14.3 Å². The quantitative estimate of drug-likeness (QED) is 0.366. The Bertz CT molecular complexity index is 177. The summed E-state index contributed by atoms with van der Waals surface area (Å²) in [6.07, 6.45) is 1.68. The van der Waals surface area contributed by atoms with Gasteiger partial charge in [-0.15, -0.1) is 6.58 Å². The van der Waals surface area contributed by atoms with Crippen molar-refractivity contribution in [2.24, 2.45) is 0 Å². The van der Waals surface area contributed by atoms with E-state index in [0.717, 1.165) is 0 Å². The van der Waals surface area contributed by atoms with Crippen molar-refractivity contribution >= 4 is 11.9 Å². The minimum absolute atomic E-state index is 0.130. The van der Waals surface area contributed by atoms with Gasteiger partial charge in [-0.3, -0.25) is 9.59 Å². The number of ether oxygens (including phenoxy) is 1. The fourth-order valence-electron chi connectivity index (χ4n) is 0.569. The van der Waals surface area contributed by atoms with E-state index < -0.39 is 0 Å². The third kappa shape index (κ3) is 6.80. The molecule has 4 heteroatoms. The summed E-state index contributed by atoms with van der Waals surface area (Å²) in [5.74, 6) is -0.454. The number of amides is 1. The van der Waals surface area contributed by atoms with Gasteiger partial charge in [0.05, 0.1) is 13.0 Å². The number of rotatable bonds is 5. The molecular weight excluding hydrogens is 158 g/mol. The Morgan fingerprint density at radius 3 is 2.75 bits per heavy atom. The van der Waals surface area contributed by atoms with Gasteiger partial charge in [-0.1, -0.05) is 6.08 Å². The molecule has 4 nitrogen and oxygen atoms in total. The van der Waals surface area contributed by atoms with Crippen molar-refractivity contribution in [3.63, 3.8) is 0 Å². The van der Waals surface area contributed by atoms with E-state index >= 15 is 0 Å². The van der Waals surface area contributed by atoms with Crippen LogP contribution in [-0.4, -0.2) is 25.0 Å². The van der Waals surface area contributed by atoms with Crippen LogP contribution >= 0.6 is 0 Å². The van der Waals surface area contributed by atoms with Crippen molar-refractivity contribution in [2.75, 3.05) is 13.2 Å². The fourth-order valence-corrected chi connectivity index (χ4v) is 0.569. The minimum atomic E-state index is -0.324. The van der Waals surface area contributed by atoms with Gasteiger partial charge in [-0.2, -0.15) is 0 Å². The van der Waals surface area contributed by atoms with Crippen LogP contribution in [0.2, 0.25) is 0 Å². The second kappa shape index (κ2) is 6.39. The molecule has 0 heterocycles. The summed E-state index contributed by atoms with van der Waals surface area (Å²) >= 11 is 0. The second-order valence-corrected chi connectivity index (χ2v) is 2.20. The molecule has 0 aliphatic heterocycles. The number of carbonyl (C=O) groups is 2. The Morgan fingerprint density at radius 2 is 2.25 bits per heavy atom. The van der Waals surface area contributed by atoms with E-state index in [4.69, 9.17) is 4.74 Å². The summed E-state index contributed by atoms with van der Waals surface area (Å²) in [6, 6.07) is 0. The summed E-state index contributed by atoms with van der Waals surface area (Å²) in [5, 5.41) is 2.50. The summed E-state index contributed by atoms with van der Waals surface area (Å²) in [7, 11) is 0. The summed E-state index contributed by atoms with van der Waals surface area (Å²) < 4.78 is 4.71. The first-order valence-corrected chi connectivity index (χ1v) is 3.67. The van der Waals surface area contributed by atoms with E-state index in [9.17, 15) is 9.59 Å². The molecule has 0 aromatic rings. The fraction of sp³-hybridized carbons (Fsp3) is 0.500. The molecule has 0 unspecified atom stereocenters. The Hall–Kier alpha value is -1.32. The van der Waals surface area contributed by atoms with Gasteiger partial charge in [0.2, 0.25) is 5.91 Å². The molecule has 0 bridgehead atoms. The van der Waals surface area contributed by atoms with E-state index in [2.05, 4.69) is 11.9 Å². The van der Waals surface area contributed by atoms with Gasteiger partial charge >= 0.3 is 5.97 Å². The van der Waals surface area contributed by atoms with E-state index in [0.29, 0.717) is 6.54 Å². The standard InChI is InChI=1S/C8H13NO3/c1-3-4-8(11)12-6-5-9-7(2)10/h3H,1,4-6H2,2H3,(H,9,10). The van der Waals surface area contributed by atoms with Crippen LogP contribution in [-0.2, 0) is 14.3 Å². The van der Waals surface area contributed by atoms with Gasteiger partial charge in [0.25, 0.3) is 0 Å². The van der Waals surface area contributed by atoms with Crippen LogP contribution in [0.15, 0.2) is 12.7 Å². The van der Waals surface area contributed by atoms with Crippen LogP contribution in [0.5, 0.6) is 0 Å². The van der Waals surface area contributed by atoms with Crippen LogP contribution < -0.4 is 5.32 Å². The van der Waals surface area contributed by atoms with E-state index in [1.165, 1.54) is 13.0 Å². The molecule has 0 aromatic carbocycles. The minimum Gasteiger partial charge on any atom is -0.464 e. The highest BCUT2D eigenvalue weighted by Gasteiger charge is 1.98. The molecule has 1 amide bonds. The highest BCUT2D eigenvalue weighted by molar-refractivity contribution is 5.73. The molecule has 0 atom stereocenters. The molecule has 0 spiro atoms. The molecular formula is C8H13NO3. The molecule has 12 heavy (non-hydrogen) atoms. The molecule has 0 aliphatic carbocycles. The van der Waals surface area contributed by atoms with Crippen molar-refractivity contribution in [1.29, 1.82) is 0 Å². The average molecular weight is 171 g/mol. The average Bonchev–Trinajstić information content (AvgIpc) is 1.98. The normalized spacial score (nSPS) is 8.75. The zero-order chi connectivity index (χ0) is 9.40. The Labute approximate surface area is 71.6 Å². The smallest absolute Gasteiger partial charge is 0.309 e. The molecule has 0 radical (unpaired) electrons. The van der Waals surface area contributed by atoms with E-state index in [-0.39, 0.29) is 24.9 Å². The number of carbonyl (C=O) groups excluding carboxylic acids is 2. The zero-order valence-electron chi connectivity index (χ0n) is 7.13. The summed E-state index contributed by atoms with van der Waals surface area (Å²) in [6.45, 7) is 5.37. The van der Waals surface area contributed by atoms with Crippen molar-refractivity contribution in [3.05, 3.63) is 12.7 Å². The van der Waals surface area contributed by atoms with Crippen LogP contribution in [0.3, 0.4) is 0 Å². The van der Waals surface area contributed by atoms with Gasteiger partial charge in [0.15, 0.2) is 0 Å². The lowest BCUT2D eigenvalue weighted by atomic mass is 10.4. The van der Waals surface area contributed by atoms with E-state index in [1.54, 1.807) is 0 Å². The van der Waals surface area contributed by atoms with Crippen molar-refractivity contribution in [2.45, 2.75) is 13.3 Å². The lowest BCUT2D eigenvalue weighted by molar-refractivity contribution is -0.142. The lowest BCUT2D eigenvalue weighted by Gasteiger charge is -2.02. The van der Waals surface area contributed by atoms with Gasteiger partial charge in [0.1, 0.15) is 6.61 Å². The second-order valence-electron chi connectivity index (χ2n) is 2.20. The third-order valence-corrected chi connectivity index (χ3v) is 1.05. The van der Waals surface area contributed by atoms with Crippen molar-refractivity contribution in [3.8, 4) is 0 Å². The molecule has 0 fully saturated rings. The monoisotopic (exact) mass is 171 g/mol. The van der Waals surface area contributed by atoms with E-state index in [1.807, 2.05) is 0 Å². The van der Waals surface area contributed by atoms with Crippen LogP contribution in [0.4, 0.5) is 0 Å². The lowest BCUT2D eigenvalue weighted by Crippen LogP contribution is -2.25. The molecule has 0 saturated carbocycles. The maximum atomic E-state index is 10.7. The first kappa shape index (κ1) is 10.7. The van der Waals surface area contributed by atoms with Crippen LogP contribution in [0, 0.1) is 0 Å². The number of hydrogen-bond acceptors (Lipinski definition) is 3. The van der Waals surface area contributed by atoms with Crippen LogP contribution in [0.25, 0.3) is 0 Å². The van der Waals surface area contributed by atoms with Gasteiger partial charge in [-0.05, 0) is 0 Å². The van der Waals surface area contributed by atoms with Gasteiger partial charge < -0.3 is 10.1 Å². The Balaban J connectivity index is 3.25. The first-order chi connectivity index (χ1) is 5.66. The number of nitrogens with one attached hydrogen (secondary N) is 1. The number of esters is 1. The Morgan fingerprint density at radius 1 is 1.58 bits per heavy atom.